The van der Waals surface area contributed by atoms with Gasteiger partial charge in [-0.3, -0.25) is 0 Å². The third kappa shape index (κ3) is 16.9. The first-order valence-corrected chi connectivity index (χ1v) is 1.63. The molecule has 0 unspecified atom stereocenters. The Morgan fingerprint density at radius 1 is 1.75 bits per heavy atom. The molecule has 0 heterocycles. The van der Waals surface area contributed by atoms with Crippen LogP contribution in [0.2, 0.25) is 0 Å². The Morgan fingerprint density at radius 3 is 2.12 bits per heavy atom. The van der Waals surface area contributed by atoms with Crippen molar-refractivity contribution in [3.05, 3.63) is 0 Å². The van der Waals surface area contributed by atoms with Gasteiger partial charge in [0.25, 0.3) is 0 Å². The summed E-state index contributed by atoms with van der Waals surface area (Å²) in [6, 6.07) is 0. The van der Waals surface area contributed by atoms with E-state index in [0.29, 0.717) is 0 Å². The van der Waals surface area contributed by atoms with Gasteiger partial charge < -0.3 is 16.0 Å². The van der Waals surface area contributed by atoms with Crippen molar-refractivity contribution in [1.29, 1.82) is 0 Å². The minimum absolute atomic E-state index is 0. The quantitative estimate of drug-likeness (QED) is 0.454. The number of ether oxygens (including phenoxy) is 1. The molecule has 0 aromatic carbocycles. The molecule has 4 nitrogen and oxygen atoms in total. The molecule has 0 atom stereocenters. The molecule has 0 bridgehead atoms. The van der Waals surface area contributed by atoms with Gasteiger partial charge in [-0.2, -0.15) is 0 Å². The van der Waals surface area contributed by atoms with E-state index in [1.54, 1.807) is 6.92 Å². The monoisotopic (exact) mass is 171 g/mol. The van der Waals surface area contributed by atoms with Crippen molar-refractivity contribution in [3.63, 3.8) is 0 Å². The van der Waals surface area contributed by atoms with Crippen LogP contribution in [0, 0.1) is 0 Å². The molecule has 0 aliphatic heterocycles. The molecule has 0 aromatic heterocycles. The summed E-state index contributed by atoms with van der Waals surface area (Å²) in [5.74, 6) is 0. The predicted molar refractivity (Wildman–Crippen MR) is 24.7 cm³/mol. The second-order valence-corrected chi connectivity index (χ2v) is 0.699. The number of carbonyl (C=O) groups is 1. The van der Waals surface area contributed by atoms with E-state index in [-0.39, 0.29) is 32.2 Å². The molecule has 8 heavy (non-hydrogen) atoms. The first-order valence-electron chi connectivity index (χ1n) is 1.63. The first kappa shape index (κ1) is 15.7. The van der Waals surface area contributed by atoms with Crippen LogP contribution in [0.15, 0.2) is 0 Å². The standard InChI is InChI=1S/C3H6O3.H3N.Zn/c1-2-6-3(4)5;;/h2H2,1H3,(H,4,5);1H3;. The van der Waals surface area contributed by atoms with Crippen molar-refractivity contribution < 1.29 is 34.1 Å². The number of carboxylic acid groups (broad SMARTS) is 1. The van der Waals surface area contributed by atoms with E-state index < -0.39 is 6.16 Å². The van der Waals surface area contributed by atoms with Crippen LogP contribution in [-0.4, -0.2) is 17.9 Å². The Morgan fingerprint density at radius 2 is 2.12 bits per heavy atom. The molecule has 46 valence electrons. The Bertz CT molecular complexity index is 58.5. The number of hydrogen-bond donors (Lipinski definition) is 2. The van der Waals surface area contributed by atoms with Crippen molar-refractivity contribution in [2.45, 2.75) is 6.92 Å². The maximum atomic E-state index is 9.38. The van der Waals surface area contributed by atoms with Crippen molar-refractivity contribution in [2.75, 3.05) is 6.61 Å². The Hall–Kier alpha value is -0.147. The zero-order valence-electron chi connectivity index (χ0n) is 4.89. The Labute approximate surface area is 60.6 Å². The minimum atomic E-state index is -1.21. The maximum absolute atomic E-state index is 9.38. The fraction of sp³-hybridized carbons (Fsp3) is 0.667. The van der Waals surface area contributed by atoms with Crippen LogP contribution in [0.3, 0.4) is 0 Å². The van der Waals surface area contributed by atoms with E-state index in [4.69, 9.17) is 5.11 Å². The van der Waals surface area contributed by atoms with Crippen LogP contribution in [0.5, 0.6) is 0 Å². The molecule has 0 spiro atoms. The fourth-order valence-electron chi connectivity index (χ4n) is 0.123. The average Bonchev–Trinajstić information content (AvgIpc) is 1.35. The zero-order valence-corrected chi connectivity index (χ0v) is 7.85. The zero-order chi connectivity index (χ0) is 4.99. The van der Waals surface area contributed by atoms with Gasteiger partial charge in [0.15, 0.2) is 0 Å². The Balaban J connectivity index is -0.000000125. The minimum Gasteiger partial charge on any atom is -0.450 e. The summed E-state index contributed by atoms with van der Waals surface area (Å²) in [6.07, 6.45) is -1.21. The van der Waals surface area contributed by atoms with Gasteiger partial charge in [0.05, 0.1) is 6.61 Å². The summed E-state index contributed by atoms with van der Waals surface area (Å²) >= 11 is 0. The van der Waals surface area contributed by atoms with Crippen LogP contribution in [0.1, 0.15) is 6.92 Å². The molecule has 0 saturated carbocycles. The maximum Gasteiger partial charge on any atom is 0.505 e. The first-order chi connectivity index (χ1) is 2.77. The van der Waals surface area contributed by atoms with Gasteiger partial charge >= 0.3 is 6.16 Å². The van der Waals surface area contributed by atoms with Gasteiger partial charge in [0.1, 0.15) is 0 Å². The fourth-order valence-corrected chi connectivity index (χ4v) is 0.123. The van der Waals surface area contributed by atoms with Gasteiger partial charge in [-0.15, -0.1) is 0 Å². The summed E-state index contributed by atoms with van der Waals surface area (Å²) in [5.41, 5.74) is 0. The SMILES string of the molecule is CCOC(=O)O.N.[Zn]. The number of rotatable bonds is 1. The molecular weight excluding hydrogens is 163 g/mol. The van der Waals surface area contributed by atoms with Gasteiger partial charge in [-0.1, -0.05) is 0 Å². The summed E-state index contributed by atoms with van der Waals surface area (Å²) in [4.78, 5) is 9.38. The van der Waals surface area contributed by atoms with Crippen molar-refractivity contribution in [3.8, 4) is 0 Å². The van der Waals surface area contributed by atoms with Crippen LogP contribution in [-0.2, 0) is 24.2 Å². The van der Waals surface area contributed by atoms with Gasteiger partial charge in [-0.05, 0) is 6.92 Å². The third-order valence-corrected chi connectivity index (χ3v) is 0.268. The second-order valence-electron chi connectivity index (χ2n) is 0.699. The summed E-state index contributed by atoms with van der Waals surface area (Å²) < 4.78 is 3.96. The molecule has 0 aliphatic rings. The topological polar surface area (TPSA) is 81.5 Å². The third-order valence-electron chi connectivity index (χ3n) is 0.268. The van der Waals surface area contributed by atoms with Crippen molar-refractivity contribution >= 4 is 6.16 Å². The normalized spacial score (nSPS) is 5.62. The van der Waals surface area contributed by atoms with Gasteiger partial charge in [0.2, 0.25) is 0 Å². The van der Waals surface area contributed by atoms with E-state index in [1.807, 2.05) is 0 Å². The largest absolute Gasteiger partial charge is 0.505 e. The van der Waals surface area contributed by atoms with Gasteiger partial charge in [-0.25, -0.2) is 4.79 Å². The summed E-state index contributed by atoms with van der Waals surface area (Å²) in [7, 11) is 0. The molecule has 0 saturated heterocycles. The Kier molecular flexibility index (Phi) is 19.5. The smallest absolute Gasteiger partial charge is 0.450 e. The molecule has 5 heteroatoms. The molecule has 0 amide bonds. The van der Waals surface area contributed by atoms with Crippen LogP contribution in [0.25, 0.3) is 0 Å². The van der Waals surface area contributed by atoms with E-state index >= 15 is 0 Å². The van der Waals surface area contributed by atoms with E-state index in [2.05, 4.69) is 4.74 Å². The molecule has 0 rings (SSSR count). The summed E-state index contributed by atoms with van der Waals surface area (Å²) in [6.45, 7) is 1.85. The molecule has 0 radical (unpaired) electrons. The second kappa shape index (κ2) is 9.97. The van der Waals surface area contributed by atoms with Crippen LogP contribution < -0.4 is 6.15 Å². The van der Waals surface area contributed by atoms with E-state index in [1.165, 1.54) is 0 Å². The average molecular weight is 172 g/mol. The van der Waals surface area contributed by atoms with Crippen molar-refractivity contribution in [1.82, 2.24) is 6.15 Å². The molecule has 0 aliphatic carbocycles. The van der Waals surface area contributed by atoms with Crippen LogP contribution in [0.4, 0.5) is 4.79 Å². The van der Waals surface area contributed by atoms with E-state index in [0.717, 1.165) is 0 Å². The van der Waals surface area contributed by atoms with Crippen LogP contribution >= 0.6 is 0 Å². The molecule has 4 N–H and O–H groups in total. The molecular formula is C3H9NO3Zn. The predicted octanol–water partition coefficient (Wildman–Crippen LogP) is 0.860. The van der Waals surface area contributed by atoms with E-state index in [9.17, 15) is 4.79 Å². The van der Waals surface area contributed by atoms with Crippen molar-refractivity contribution in [2.24, 2.45) is 0 Å². The number of hydrogen-bond acceptors (Lipinski definition) is 3. The molecule has 0 aromatic rings. The van der Waals surface area contributed by atoms with Gasteiger partial charge in [0, 0.05) is 19.5 Å². The molecule has 0 fully saturated rings. The summed E-state index contributed by atoms with van der Waals surface area (Å²) in [5, 5.41) is 7.69.